The van der Waals surface area contributed by atoms with E-state index < -0.39 is 5.91 Å². The summed E-state index contributed by atoms with van der Waals surface area (Å²) in [5, 5.41) is 13.8. The topological polar surface area (TPSA) is 61.7 Å². The Kier molecular flexibility index (Phi) is 3.48. The van der Waals surface area contributed by atoms with Gasteiger partial charge >= 0.3 is 0 Å². The Morgan fingerprint density at radius 2 is 2.36 bits per heavy atom. The number of carbonyl (C=O) groups is 1. The van der Waals surface area contributed by atoms with Crippen LogP contribution in [0.15, 0.2) is 23.4 Å². The highest BCUT2D eigenvalue weighted by Crippen LogP contribution is 2.22. The average Bonchev–Trinajstić information content (AvgIpc) is 2.13. The first-order valence-corrected chi connectivity index (χ1v) is 4.26. The maximum atomic E-state index is 11.0. The van der Waals surface area contributed by atoms with E-state index in [0.717, 1.165) is 11.8 Å². The Hall–Kier alpha value is -1.55. The van der Waals surface area contributed by atoms with Crippen LogP contribution in [0.2, 0.25) is 5.02 Å². The van der Waals surface area contributed by atoms with Crippen molar-refractivity contribution in [3.05, 3.63) is 28.8 Å². The molecule has 0 radical (unpaired) electrons. The Labute approximate surface area is 86.2 Å². The number of benzene rings is 1. The van der Waals surface area contributed by atoms with E-state index in [1.807, 2.05) is 0 Å². The molecule has 2 N–H and O–H groups in total. The Morgan fingerprint density at radius 3 is 3.00 bits per heavy atom. The molecule has 1 aromatic carbocycles. The minimum atomic E-state index is -0.502. The van der Waals surface area contributed by atoms with Crippen LogP contribution in [0.3, 0.4) is 0 Å². The van der Waals surface area contributed by atoms with Gasteiger partial charge in [0.05, 0.1) is 0 Å². The van der Waals surface area contributed by atoms with Crippen LogP contribution in [-0.4, -0.2) is 17.3 Å². The number of hydrogen-bond acceptors (Lipinski definition) is 3. The molecule has 14 heavy (non-hydrogen) atoms. The number of anilines is 1. The first-order chi connectivity index (χ1) is 6.65. The van der Waals surface area contributed by atoms with Gasteiger partial charge in [-0.15, -0.1) is 0 Å². The molecule has 0 aromatic heterocycles. The zero-order valence-corrected chi connectivity index (χ0v) is 8.25. The molecule has 1 aromatic rings. The summed E-state index contributed by atoms with van der Waals surface area (Å²) >= 11 is 5.84. The van der Waals surface area contributed by atoms with Crippen LogP contribution in [0.25, 0.3) is 0 Å². The Balaban J connectivity index is 2.87. The summed E-state index contributed by atoms with van der Waals surface area (Å²) in [6, 6.07) is 5.16. The lowest BCUT2D eigenvalue weighted by atomic mass is 10.2. The second-order valence-electron chi connectivity index (χ2n) is 2.65. The molecular weight excluding hydrogens is 204 g/mol. The third-order valence-electron chi connectivity index (χ3n) is 1.70. The van der Waals surface area contributed by atoms with Crippen molar-refractivity contribution in [3.8, 4) is 0 Å². The quantitative estimate of drug-likeness (QED) is 0.448. The van der Waals surface area contributed by atoms with Crippen molar-refractivity contribution in [3.63, 3.8) is 0 Å². The molecule has 0 saturated carbocycles. The second kappa shape index (κ2) is 4.62. The molecule has 4 nitrogen and oxygen atoms in total. The molecule has 0 spiro atoms. The number of halogens is 1. The summed E-state index contributed by atoms with van der Waals surface area (Å²) in [5.41, 5.74) is 1.37. The molecule has 1 amide bonds. The molecule has 0 aliphatic heterocycles. The predicted octanol–water partition coefficient (Wildman–Crippen LogP) is 2.05. The molecule has 0 atom stereocenters. The number of hydrogen-bond donors (Lipinski definition) is 2. The fourth-order valence-electron chi connectivity index (χ4n) is 0.960. The summed E-state index contributed by atoms with van der Waals surface area (Å²) in [6.45, 7) is 1.79. The van der Waals surface area contributed by atoms with Crippen molar-refractivity contribution in [2.24, 2.45) is 5.16 Å². The summed E-state index contributed by atoms with van der Waals surface area (Å²) < 4.78 is 0. The van der Waals surface area contributed by atoms with E-state index in [4.69, 9.17) is 16.8 Å². The highest BCUT2D eigenvalue weighted by Gasteiger charge is 2.04. The second-order valence-corrected chi connectivity index (χ2v) is 3.05. The van der Waals surface area contributed by atoms with E-state index in [2.05, 4.69) is 10.5 Å². The van der Waals surface area contributed by atoms with Crippen LogP contribution in [0.5, 0.6) is 0 Å². The zero-order chi connectivity index (χ0) is 10.6. The molecule has 0 bridgehead atoms. The molecule has 74 valence electrons. The van der Waals surface area contributed by atoms with E-state index in [1.54, 1.807) is 25.1 Å². The molecule has 1 rings (SSSR count). The number of rotatable bonds is 2. The molecule has 0 aliphatic carbocycles. The largest absolute Gasteiger partial charge is 0.411 e. The molecular formula is C9H9ClN2O2. The van der Waals surface area contributed by atoms with Gasteiger partial charge in [0.2, 0.25) is 0 Å². The van der Waals surface area contributed by atoms with E-state index in [1.165, 1.54) is 0 Å². The molecule has 0 unspecified atom stereocenters. The van der Waals surface area contributed by atoms with Gasteiger partial charge in [0.15, 0.2) is 0 Å². The third kappa shape index (κ3) is 2.47. The van der Waals surface area contributed by atoms with E-state index in [9.17, 15) is 4.79 Å². The van der Waals surface area contributed by atoms with Gasteiger partial charge < -0.3 is 10.5 Å². The highest BCUT2D eigenvalue weighted by atomic mass is 35.5. The van der Waals surface area contributed by atoms with Gasteiger partial charge in [0.25, 0.3) is 5.91 Å². The number of carbonyl (C=O) groups excluding carboxylic acids is 1. The lowest BCUT2D eigenvalue weighted by molar-refractivity contribution is -0.110. The summed E-state index contributed by atoms with van der Waals surface area (Å²) in [7, 11) is 0. The molecule has 5 heteroatoms. The summed E-state index contributed by atoms with van der Waals surface area (Å²) in [6.07, 6.45) is 0.778. The molecule has 0 heterocycles. The van der Waals surface area contributed by atoms with Crippen molar-refractivity contribution in [1.82, 2.24) is 0 Å². The minimum absolute atomic E-state index is 0.502. The maximum Gasteiger partial charge on any atom is 0.270 e. The fraction of sp³-hybridized carbons (Fsp3) is 0.111. The number of amides is 1. The number of nitrogens with zero attached hydrogens (tertiary/aromatic N) is 1. The zero-order valence-electron chi connectivity index (χ0n) is 7.49. The van der Waals surface area contributed by atoms with Crippen LogP contribution in [0.4, 0.5) is 5.69 Å². The smallest absolute Gasteiger partial charge is 0.270 e. The first-order valence-electron chi connectivity index (χ1n) is 3.88. The van der Waals surface area contributed by atoms with Gasteiger partial charge in [-0.25, -0.2) is 0 Å². The monoisotopic (exact) mass is 212 g/mol. The molecule has 0 saturated heterocycles. The maximum absolute atomic E-state index is 11.0. The summed E-state index contributed by atoms with van der Waals surface area (Å²) in [4.78, 5) is 11.0. The van der Waals surface area contributed by atoms with Crippen molar-refractivity contribution in [1.29, 1.82) is 0 Å². The fourth-order valence-corrected chi connectivity index (χ4v) is 1.13. The summed E-state index contributed by atoms with van der Waals surface area (Å²) in [5.74, 6) is -0.502. The van der Waals surface area contributed by atoms with Crippen LogP contribution in [-0.2, 0) is 4.79 Å². The van der Waals surface area contributed by atoms with Crippen molar-refractivity contribution < 1.29 is 10.0 Å². The van der Waals surface area contributed by atoms with Gasteiger partial charge in [-0.1, -0.05) is 22.8 Å². The van der Waals surface area contributed by atoms with Gasteiger partial charge in [-0.3, -0.25) is 4.79 Å². The third-order valence-corrected chi connectivity index (χ3v) is 2.11. The lowest BCUT2D eigenvalue weighted by Gasteiger charge is -2.06. The Morgan fingerprint density at radius 1 is 1.64 bits per heavy atom. The highest BCUT2D eigenvalue weighted by molar-refractivity contribution is 6.33. The molecule has 0 fully saturated rings. The number of nitrogens with one attached hydrogen (secondary N) is 1. The van der Waals surface area contributed by atoms with Crippen LogP contribution < -0.4 is 5.32 Å². The number of oxime groups is 1. The van der Waals surface area contributed by atoms with Crippen molar-refractivity contribution >= 4 is 29.4 Å². The average molecular weight is 213 g/mol. The van der Waals surface area contributed by atoms with Crippen LogP contribution in [0.1, 0.15) is 5.56 Å². The van der Waals surface area contributed by atoms with E-state index in [0.29, 0.717) is 10.7 Å². The predicted molar refractivity (Wildman–Crippen MR) is 55.1 cm³/mol. The van der Waals surface area contributed by atoms with Gasteiger partial charge in [-0.05, 0) is 24.6 Å². The minimum Gasteiger partial charge on any atom is -0.411 e. The lowest BCUT2D eigenvalue weighted by Crippen LogP contribution is -2.13. The normalized spacial score (nSPS) is 10.4. The van der Waals surface area contributed by atoms with Gasteiger partial charge in [0, 0.05) is 10.7 Å². The van der Waals surface area contributed by atoms with Gasteiger partial charge in [-0.2, -0.15) is 0 Å². The molecule has 0 aliphatic rings. The van der Waals surface area contributed by atoms with E-state index in [-0.39, 0.29) is 0 Å². The van der Waals surface area contributed by atoms with Crippen molar-refractivity contribution in [2.75, 3.05) is 5.32 Å². The van der Waals surface area contributed by atoms with Gasteiger partial charge in [0.1, 0.15) is 6.21 Å². The standard InChI is InChI=1S/C9H9ClN2O2/c1-6-7(10)3-2-4-8(6)12-9(13)5-11-14/h2-5,14H,1H3,(H,12,13)/b11-5-. The SMILES string of the molecule is Cc1c(Cl)cccc1NC(=O)/C=N\O. The van der Waals surface area contributed by atoms with Crippen LogP contribution >= 0.6 is 11.6 Å². The first kappa shape index (κ1) is 10.5. The van der Waals surface area contributed by atoms with Crippen molar-refractivity contribution in [2.45, 2.75) is 6.92 Å². The van der Waals surface area contributed by atoms with E-state index >= 15 is 0 Å². The van der Waals surface area contributed by atoms with Crippen LogP contribution in [0, 0.1) is 6.92 Å². The Bertz CT molecular complexity index is 377.